The molecular weight excluding hydrogens is 264 g/mol. The zero-order valence-electron chi connectivity index (χ0n) is 10.8. The molecule has 7 nitrogen and oxygen atoms in total. The summed E-state index contributed by atoms with van der Waals surface area (Å²) in [6, 6.07) is 3.92. The number of nitrogens with zero attached hydrogens (tertiary/aromatic N) is 1. The molecule has 0 amide bonds. The molecule has 0 unspecified atom stereocenters. The van der Waals surface area contributed by atoms with Gasteiger partial charge in [-0.05, 0) is 18.9 Å². The van der Waals surface area contributed by atoms with Crippen LogP contribution in [0.15, 0.2) is 18.2 Å². The summed E-state index contributed by atoms with van der Waals surface area (Å²) in [4.78, 5) is 21.7. The lowest BCUT2D eigenvalue weighted by Gasteiger charge is -2.29. The van der Waals surface area contributed by atoms with Gasteiger partial charge in [0.05, 0.1) is 22.6 Å². The molecule has 3 N–H and O–H groups in total. The average Bonchev–Trinajstić information content (AvgIpc) is 2.87. The van der Waals surface area contributed by atoms with Crippen molar-refractivity contribution < 1.29 is 19.9 Å². The molecule has 0 saturated heterocycles. The highest BCUT2D eigenvalue weighted by Gasteiger charge is 2.36. The molecule has 0 spiro atoms. The van der Waals surface area contributed by atoms with Crippen LogP contribution in [0.2, 0.25) is 0 Å². The molecule has 1 aliphatic rings. The van der Waals surface area contributed by atoms with Crippen molar-refractivity contribution in [3.05, 3.63) is 33.9 Å². The van der Waals surface area contributed by atoms with E-state index >= 15 is 0 Å². The zero-order valence-corrected chi connectivity index (χ0v) is 10.8. The maximum atomic E-state index is 11.2. The predicted molar refractivity (Wildman–Crippen MR) is 72.0 cm³/mol. The largest absolute Gasteiger partial charge is 0.478 e. The molecule has 1 aromatic carbocycles. The van der Waals surface area contributed by atoms with Gasteiger partial charge in [-0.1, -0.05) is 18.9 Å². The van der Waals surface area contributed by atoms with Crippen molar-refractivity contribution in [3.63, 3.8) is 0 Å². The molecule has 0 aromatic heterocycles. The number of benzene rings is 1. The van der Waals surface area contributed by atoms with E-state index in [9.17, 15) is 25.1 Å². The molecule has 1 aliphatic carbocycles. The second kappa shape index (κ2) is 5.46. The van der Waals surface area contributed by atoms with E-state index in [1.807, 2.05) is 0 Å². The van der Waals surface area contributed by atoms with Gasteiger partial charge in [-0.15, -0.1) is 0 Å². The molecule has 0 radical (unpaired) electrons. The summed E-state index contributed by atoms with van der Waals surface area (Å²) in [6.45, 7) is -0.182. The number of aliphatic hydroxyl groups excluding tert-OH is 1. The van der Waals surface area contributed by atoms with Crippen LogP contribution in [0.25, 0.3) is 0 Å². The number of anilines is 1. The Bertz CT molecular complexity index is 505. The SMILES string of the molecule is O=C(O)c1cccc([N+](=O)[O-])c1NC1(CO)CCCC1. The van der Waals surface area contributed by atoms with Crippen LogP contribution in [0.4, 0.5) is 11.4 Å². The Kier molecular flexibility index (Phi) is 3.89. The first kappa shape index (κ1) is 14.3. The number of hydrogen-bond donors (Lipinski definition) is 3. The first-order chi connectivity index (χ1) is 9.49. The van der Waals surface area contributed by atoms with Gasteiger partial charge in [-0.3, -0.25) is 10.1 Å². The van der Waals surface area contributed by atoms with Crippen molar-refractivity contribution in [3.8, 4) is 0 Å². The third kappa shape index (κ3) is 2.57. The Labute approximate surface area is 115 Å². The second-order valence-corrected chi connectivity index (χ2v) is 5.03. The van der Waals surface area contributed by atoms with E-state index in [1.165, 1.54) is 18.2 Å². The van der Waals surface area contributed by atoms with Gasteiger partial charge in [0.2, 0.25) is 0 Å². The van der Waals surface area contributed by atoms with Crippen LogP contribution < -0.4 is 5.32 Å². The van der Waals surface area contributed by atoms with Gasteiger partial charge in [0.25, 0.3) is 5.69 Å². The number of carboxylic acid groups (broad SMARTS) is 1. The maximum Gasteiger partial charge on any atom is 0.338 e. The van der Waals surface area contributed by atoms with Crippen LogP contribution in [0.1, 0.15) is 36.0 Å². The Morgan fingerprint density at radius 2 is 2.05 bits per heavy atom. The third-order valence-corrected chi connectivity index (χ3v) is 3.72. The van der Waals surface area contributed by atoms with E-state index in [-0.39, 0.29) is 23.5 Å². The standard InChI is InChI=1S/C13H16N2O5/c16-8-13(6-1-2-7-13)14-11-9(12(17)18)4-3-5-10(11)15(19)20/h3-5,14,16H,1-2,6-8H2,(H,17,18). The fourth-order valence-electron chi connectivity index (χ4n) is 2.64. The molecule has 1 fully saturated rings. The van der Waals surface area contributed by atoms with Gasteiger partial charge in [0.1, 0.15) is 5.69 Å². The molecule has 20 heavy (non-hydrogen) atoms. The van der Waals surface area contributed by atoms with Crippen LogP contribution in [0, 0.1) is 10.1 Å². The third-order valence-electron chi connectivity index (χ3n) is 3.72. The van der Waals surface area contributed by atoms with E-state index in [0.717, 1.165) is 12.8 Å². The lowest BCUT2D eigenvalue weighted by molar-refractivity contribution is -0.384. The Balaban J connectivity index is 2.47. The minimum absolute atomic E-state index is 0.0269. The Hall–Kier alpha value is -2.15. The van der Waals surface area contributed by atoms with Gasteiger partial charge in [0, 0.05) is 6.07 Å². The van der Waals surface area contributed by atoms with Crippen molar-refractivity contribution in [2.24, 2.45) is 0 Å². The van der Waals surface area contributed by atoms with Crippen LogP contribution in [-0.4, -0.2) is 33.3 Å². The summed E-state index contributed by atoms with van der Waals surface area (Å²) in [5, 5.41) is 32.7. The highest BCUT2D eigenvalue weighted by molar-refractivity contribution is 5.97. The van der Waals surface area contributed by atoms with Crippen molar-refractivity contribution in [2.75, 3.05) is 11.9 Å². The number of hydrogen-bond acceptors (Lipinski definition) is 5. The van der Waals surface area contributed by atoms with Gasteiger partial charge in [-0.25, -0.2) is 4.79 Å². The first-order valence-corrected chi connectivity index (χ1v) is 6.39. The van der Waals surface area contributed by atoms with Gasteiger partial charge < -0.3 is 15.5 Å². The Morgan fingerprint density at radius 3 is 2.55 bits per heavy atom. The van der Waals surface area contributed by atoms with E-state index in [4.69, 9.17) is 0 Å². The number of nitro groups is 1. The lowest BCUT2D eigenvalue weighted by Crippen LogP contribution is -2.39. The van der Waals surface area contributed by atoms with Gasteiger partial charge in [0.15, 0.2) is 0 Å². The first-order valence-electron chi connectivity index (χ1n) is 6.39. The summed E-state index contributed by atoms with van der Waals surface area (Å²) in [5.41, 5.74) is -1.14. The summed E-state index contributed by atoms with van der Waals surface area (Å²) >= 11 is 0. The monoisotopic (exact) mass is 280 g/mol. The van der Waals surface area contributed by atoms with Gasteiger partial charge in [-0.2, -0.15) is 0 Å². The topological polar surface area (TPSA) is 113 Å². The van der Waals surface area contributed by atoms with Crippen LogP contribution in [0.3, 0.4) is 0 Å². The average molecular weight is 280 g/mol. The van der Waals surface area contributed by atoms with Crippen molar-refractivity contribution in [1.82, 2.24) is 0 Å². The normalized spacial score (nSPS) is 16.9. The predicted octanol–water partition coefficient (Wildman–Crippen LogP) is 2.01. The van der Waals surface area contributed by atoms with E-state index in [1.54, 1.807) is 0 Å². The smallest absolute Gasteiger partial charge is 0.338 e. The summed E-state index contributed by atoms with van der Waals surface area (Å²) < 4.78 is 0. The maximum absolute atomic E-state index is 11.2. The van der Waals surface area contributed by atoms with E-state index in [0.29, 0.717) is 12.8 Å². The number of carboxylic acids is 1. The van der Waals surface area contributed by atoms with Crippen LogP contribution in [0.5, 0.6) is 0 Å². The summed E-state index contributed by atoms with van der Waals surface area (Å²) in [6.07, 6.45) is 3.12. The number of rotatable bonds is 5. The fourth-order valence-corrected chi connectivity index (χ4v) is 2.64. The van der Waals surface area contributed by atoms with E-state index in [2.05, 4.69) is 5.32 Å². The lowest BCUT2D eigenvalue weighted by atomic mass is 9.97. The summed E-state index contributed by atoms with van der Waals surface area (Å²) in [7, 11) is 0. The van der Waals surface area contributed by atoms with Crippen LogP contribution >= 0.6 is 0 Å². The molecule has 0 heterocycles. The minimum atomic E-state index is -1.23. The van der Waals surface area contributed by atoms with Crippen molar-refractivity contribution in [2.45, 2.75) is 31.2 Å². The highest BCUT2D eigenvalue weighted by atomic mass is 16.6. The molecule has 1 aromatic rings. The van der Waals surface area contributed by atoms with Crippen LogP contribution in [-0.2, 0) is 0 Å². The van der Waals surface area contributed by atoms with Crippen molar-refractivity contribution >= 4 is 17.3 Å². The quantitative estimate of drug-likeness (QED) is 0.561. The molecule has 0 aliphatic heterocycles. The summed E-state index contributed by atoms with van der Waals surface area (Å²) in [5.74, 6) is -1.23. The number of nitro benzene ring substituents is 1. The number of aromatic carboxylic acids is 1. The zero-order chi connectivity index (χ0) is 14.8. The number of nitrogens with one attached hydrogen (secondary N) is 1. The highest BCUT2D eigenvalue weighted by Crippen LogP contribution is 2.37. The number of carbonyl (C=O) groups is 1. The second-order valence-electron chi connectivity index (χ2n) is 5.03. The molecular formula is C13H16N2O5. The number of para-hydroxylation sites is 1. The van der Waals surface area contributed by atoms with Gasteiger partial charge >= 0.3 is 5.97 Å². The van der Waals surface area contributed by atoms with Crippen molar-refractivity contribution in [1.29, 1.82) is 0 Å². The molecule has 7 heteroatoms. The molecule has 1 saturated carbocycles. The molecule has 2 rings (SSSR count). The number of aliphatic hydroxyl groups is 1. The molecule has 0 bridgehead atoms. The minimum Gasteiger partial charge on any atom is -0.478 e. The fraction of sp³-hybridized carbons (Fsp3) is 0.462. The molecule has 108 valence electrons. The molecule has 0 atom stereocenters. The Morgan fingerprint density at radius 1 is 1.40 bits per heavy atom. The van der Waals surface area contributed by atoms with E-state index < -0.39 is 16.4 Å².